The van der Waals surface area contributed by atoms with Crippen molar-refractivity contribution in [2.45, 2.75) is 13.3 Å². The normalized spacial score (nSPS) is 24.8. The molecule has 1 aromatic rings. The third-order valence-corrected chi connectivity index (χ3v) is 4.44. The predicted molar refractivity (Wildman–Crippen MR) is 77.7 cm³/mol. The third-order valence-electron chi connectivity index (χ3n) is 4.44. The molecule has 1 N–H and O–H groups in total. The van der Waals surface area contributed by atoms with Crippen LogP contribution >= 0.6 is 0 Å². The number of amides is 1. The Labute approximate surface area is 120 Å². The molecular weight excluding hydrogens is 252 g/mol. The van der Waals surface area contributed by atoms with Crippen molar-refractivity contribution >= 4 is 5.91 Å². The Morgan fingerprint density at radius 3 is 2.50 bits per heavy atom. The second-order valence-corrected chi connectivity index (χ2v) is 5.76. The zero-order valence-corrected chi connectivity index (χ0v) is 12.0. The average Bonchev–Trinajstić information content (AvgIpc) is 3.06. The van der Waals surface area contributed by atoms with Gasteiger partial charge in [0.05, 0.1) is 0 Å². The summed E-state index contributed by atoms with van der Waals surface area (Å²) in [6.45, 7) is 6.14. The minimum atomic E-state index is 0.110. The van der Waals surface area contributed by atoms with Gasteiger partial charge in [-0.3, -0.25) is 4.79 Å². The van der Waals surface area contributed by atoms with Gasteiger partial charge in [0, 0.05) is 26.2 Å². The van der Waals surface area contributed by atoms with Gasteiger partial charge in [-0.25, -0.2) is 0 Å². The van der Waals surface area contributed by atoms with E-state index >= 15 is 0 Å². The highest BCUT2D eigenvalue weighted by Crippen LogP contribution is 2.26. The van der Waals surface area contributed by atoms with E-state index in [9.17, 15) is 4.79 Å². The maximum atomic E-state index is 12.2. The molecule has 0 saturated carbocycles. The van der Waals surface area contributed by atoms with E-state index in [4.69, 9.17) is 4.74 Å². The van der Waals surface area contributed by atoms with E-state index in [0.717, 1.165) is 38.3 Å². The molecule has 0 aromatic heterocycles. The summed E-state index contributed by atoms with van der Waals surface area (Å²) in [5, 5.41) is 3.38. The molecule has 20 heavy (non-hydrogen) atoms. The molecule has 3 rings (SSSR count). The lowest BCUT2D eigenvalue weighted by Crippen LogP contribution is -2.35. The zero-order valence-electron chi connectivity index (χ0n) is 12.0. The summed E-state index contributed by atoms with van der Waals surface area (Å²) in [6, 6.07) is 7.97. The number of carbonyl (C=O) groups excluding carboxylic acids is 1. The first-order chi connectivity index (χ1) is 9.76. The standard InChI is InChI=1S/C16H22N2O2/c1-2-12-3-5-15(6-4-12)20-11-16(19)18-9-13-7-17-8-14(13)10-18/h3-6,13-14,17H,2,7-11H2,1H3/t13-,14+. The van der Waals surface area contributed by atoms with Crippen LogP contribution < -0.4 is 10.1 Å². The van der Waals surface area contributed by atoms with Gasteiger partial charge in [0.2, 0.25) is 0 Å². The summed E-state index contributed by atoms with van der Waals surface area (Å²) in [7, 11) is 0. The zero-order chi connectivity index (χ0) is 13.9. The molecule has 1 amide bonds. The summed E-state index contributed by atoms with van der Waals surface area (Å²) >= 11 is 0. The molecule has 1 aromatic carbocycles. The Hall–Kier alpha value is -1.55. The lowest BCUT2D eigenvalue weighted by molar-refractivity contribution is -0.132. The first kappa shape index (κ1) is 13.4. The molecule has 2 atom stereocenters. The van der Waals surface area contributed by atoms with E-state index in [-0.39, 0.29) is 12.5 Å². The molecule has 2 aliphatic rings. The number of likely N-dealkylation sites (tertiary alicyclic amines) is 1. The summed E-state index contributed by atoms with van der Waals surface area (Å²) in [5.41, 5.74) is 1.28. The second kappa shape index (κ2) is 5.83. The lowest BCUT2D eigenvalue weighted by atomic mass is 10.0. The number of hydrogen-bond acceptors (Lipinski definition) is 3. The van der Waals surface area contributed by atoms with E-state index < -0.39 is 0 Å². The van der Waals surface area contributed by atoms with Gasteiger partial charge in [0.15, 0.2) is 6.61 Å². The maximum absolute atomic E-state index is 12.2. The van der Waals surface area contributed by atoms with Crippen LogP contribution in [0.5, 0.6) is 5.75 Å². The van der Waals surface area contributed by atoms with Crippen LogP contribution in [0.2, 0.25) is 0 Å². The smallest absolute Gasteiger partial charge is 0.260 e. The van der Waals surface area contributed by atoms with Crippen molar-refractivity contribution in [1.82, 2.24) is 10.2 Å². The average molecular weight is 274 g/mol. The summed E-state index contributed by atoms with van der Waals surface area (Å²) < 4.78 is 5.59. The van der Waals surface area contributed by atoms with Crippen LogP contribution in [0.25, 0.3) is 0 Å². The number of carbonyl (C=O) groups is 1. The van der Waals surface area contributed by atoms with E-state index in [1.165, 1.54) is 5.56 Å². The highest BCUT2D eigenvalue weighted by molar-refractivity contribution is 5.78. The molecule has 2 fully saturated rings. The Morgan fingerprint density at radius 2 is 1.90 bits per heavy atom. The first-order valence-electron chi connectivity index (χ1n) is 7.46. The van der Waals surface area contributed by atoms with Gasteiger partial charge in [-0.05, 0) is 36.0 Å². The molecule has 108 valence electrons. The number of fused-ring (bicyclic) bond motifs is 1. The van der Waals surface area contributed by atoms with Crippen molar-refractivity contribution in [3.63, 3.8) is 0 Å². The summed E-state index contributed by atoms with van der Waals surface area (Å²) in [4.78, 5) is 14.1. The highest BCUT2D eigenvalue weighted by atomic mass is 16.5. The predicted octanol–water partition coefficient (Wildman–Crippen LogP) is 1.31. The van der Waals surface area contributed by atoms with Gasteiger partial charge < -0.3 is 15.0 Å². The van der Waals surface area contributed by atoms with E-state index in [1.54, 1.807) is 0 Å². The molecule has 2 heterocycles. The number of nitrogens with one attached hydrogen (secondary N) is 1. The van der Waals surface area contributed by atoms with Crippen molar-refractivity contribution in [2.75, 3.05) is 32.8 Å². The summed E-state index contributed by atoms with van der Waals surface area (Å²) in [5.74, 6) is 2.17. The number of rotatable bonds is 4. The van der Waals surface area contributed by atoms with Crippen LogP contribution in [-0.2, 0) is 11.2 Å². The molecule has 2 saturated heterocycles. The van der Waals surface area contributed by atoms with Gasteiger partial charge in [-0.1, -0.05) is 19.1 Å². The van der Waals surface area contributed by atoms with Crippen molar-refractivity contribution in [3.8, 4) is 5.75 Å². The molecule has 0 bridgehead atoms. The quantitative estimate of drug-likeness (QED) is 0.900. The Kier molecular flexibility index (Phi) is 3.92. The number of hydrogen-bond donors (Lipinski definition) is 1. The largest absolute Gasteiger partial charge is 0.484 e. The van der Waals surface area contributed by atoms with Gasteiger partial charge in [-0.2, -0.15) is 0 Å². The van der Waals surface area contributed by atoms with E-state index in [0.29, 0.717) is 11.8 Å². The number of benzene rings is 1. The van der Waals surface area contributed by atoms with Crippen molar-refractivity contribution in [1.29, 1.82) is 0 Å². The Balaban J connectivity index is 1.49. The number of nitrogens with zero attached hydrogens (tertiary/aromatic N) is 1. The highest BCUT2D eigenvalue weighted by Gasteiger charge is 2.37. The van der Waals surface area contributed by atoms with Crippen LogP contribution in [0.1, 0.15) is 12.5 Å². The van der Waals surface area contributed by atoms with Crippen LogP contribution in [0.4, 0.5) is 0 Å². The third kappa shape index (κ3) is 2.80. The molecule has 0 spiro atoms. The van der Waals surface area contributed by atoms with Crippen molar-refractivity contribution in [2.24, 2.45) is 11.8 Å². The minimum Gasteiger partial charge on any atom is -0.484 e. The van der Waals surface area contributed by atoms with Crippen LogP contribution in [0.3, 0.4) is 0 Å². The Bertz CT molecular complexity index is 460. The van der Waals surface area contributed by atoms with Gasteiger partial charge in [0.1, 0.15) is 5.75 Å². The molecule has 0 unspecified atom stereocenters. The van der Waals surface area contributed by atoms with Crippen molar-refractivity contribution in [3.05, 3.63) is 29.8 Å². The molecule has 0 aliphatic carbocycles. The van der Waals surface area contributed by atoms with Gasteiger partial charge in [-0.15, -0.1) is 0 Å². The fourth-order valence-corrected chi connectivity index (χ4v) is 3.12. The monoisotopic (exact) mass is 274 g/mol. The lowest BCUT2D eigenvalue weighted by Gasteiger charge is -2.17. The maximum Gasteiger partial charge on any atom is 0.260 e. The van der Waals surface area contributed by atoms with Crippen molar-refractivity contribution < 1.29 is 9.53 Å². The minimum absolute atomic E-state index is 0.110. The number of ether oxygens (including phenoxy) is 1. The molecule has 0 radical (unpaired) electrons. The fourth-order valence-electron chi connectivity index (χ4n) is 3.12. The molecule has 4 heteroatoms. The topological polar surface area (TPSA) is 41.6 Å². The fraction of sp³-hybridized carbons (Fsp3) is 0.562. The van der Waals surface area contributed by atoms with E-state index in [1.807, 2.05) is 29.2 Å². The molecule has 2 aliphatic heterocycles. The molecule has 4 nitrogen and oxygen atoms in total. The number of aryl methyl sites for hydroxylation is 1. The Morgan fingerprint density at radius 1 is 1.25 bits per heavy atom. The van der Waals surface area contributed by atoms with Gasteiger partial charge >= 0.3 is 0 Å². The van der Waals surface area contributed by atoms with Crippen LogP contribution in [0.15, 0.2) is 24.3 Å². The molecular formula is C16H22N2O2. The van der Waals surface area contributed by atoms with Crippen LogP contribution in [-0.4, -0.2) is 43.6 Å². The van der Waals surface area contributed by atoms with Gasteiger partial charge in [0.25, 0.3) is 5.91 Å². The van der Waals surface area contributed by atoms with E-state index in [2.05, 4.69) is 12.2 Å². The second-order valence-electron chi connectivity index (χ2n) is 5.76. The summed E-state index contributed by atoms with van der Waals surface area (Å²) in [6.07, 6.45) is 1.02. The van der Waals surface area contributed by atoms with Crippen LogP contribution in [0, 0.1) is 11.8 Å². The first-order valence-corrected chi connectivity index (χ1v) is 7.46. The SMILES string of the molecule is CCc1ccc(OCC(=O)N2C[C@H]3CNC[C@H]3C2)cc1.